The lowest BCUT2D eigenvalue weighted by Gasteiger charge is -2.18. The van der Waals surface area contributed by atoms with Crippen LogP contribution in [-0.2, 0) is 26.2 Å². The number of nitrogens with one attached hydrogen (secondary N) is 2. The lowest BCUT2D eigenvalue weighted by Crippen LogP contribution is -2.30. The van der Waals surface area contributed by atoms with Crippen LogP contribution in [0.5, 0.6) is 0 Å². The number of benzene rings is 2. The Morgan fingerprint density at radius 2 is 1.62 bits per heavy atom. The quantitative estimate of drug-likeness (QED) is 0.407. The van der Waals surface area contributed by atoms with Gasteiger partial charge in [-0.15, -0.1) is 0 Å². The molecule has 9 nitrogen and oxygen atoms in total. The van der Waals surface area contributed by atoms with E-state index in [4.69, 9.17) is 0 Å². The Hall–Kier alpha value is -2.89. The van der Waals surface area contributed by atoms with Crippen molar-refractivity contribution < 1.29 is 18.0 Å². The summed E-state index contributed by atoms with van der Waals surface area (Å²) in [6.07, 6.45) is 0. The molecule has 11 heteroatoms. The Morgan fingerprint density at radius 3 is 2.18 bits per heavy atom. The summed E-state index contributed by atoms with van der Waals surface area (Å²) < 4.78 is 29.1. The first-order valence-electron chi connectivity index (χ1n) is 11.0. The van der Waals surface area contributed by atoms with E-state index in [0.29, 0.717) is 41.7 Å². The number of rotatable bonds is 10. The number of hydrogen-bond acceptors (Lipinski definition) is 6. The molecule has 0 saturated carbocycles. The number of nitrogens with zero attached hydrogens (tertiary/aromatic N) is 3. The van der Waals surface area contributed by atoms with E-state index in [9.17, 15) is 18.0 Å². The molecule has 0 fully saturated rings. The lowest BCUT2D eigenvalue weighted by atomic mass is 10.3. The molecule has 0 bridgehead atoms. The monoisotopic (exact) mass is 503 g/mol. The fraction of sp³-hybridized carbons (Fsp3) is 0.348. The van der Waals surface area contributed by atoms with Crippen LogP contribution in [0, 0.1) is 0 Å². The summed E-state index contributed by atoms with van der Waals surface area (Å²) in [4.78, 5) is 28.4. The minimum atomic E-state index is -3.58. The first kappa shape index (κ1) is 25.7. The van der Waals surface area contributed by atoms with E-state index in [1.165, 1.54) is 23.0 Å². The van der Waals surface area contributed by atoms with Crippen molar-refractivity contribution in [2.75, 3.05) is 29.5 Å². The zero-order valence-electron chi connectivity index (χ0n) is 19.7. The summed E-state index contributed by atoms with van der Waals surface area (Å²) in [5.41, 5.74) is 2.66. The van der Waals surface area contributed by atoms with Gasteiger partial charge in [0.1, 0.15) is 0 Å². The van der Waals surface area contributed by atoms with Crippen LogP contribution in [0.15, 0.2) is 52.5 Å². The van der Waals surface area contributed by atoms with Gasteiger partial charge in [0, 0.05) is 37.9 Å². The van der Waals surface area contributed by atoms with Gasteiger partial charge in [0.2, 0.25) is 21.8 Å². The number of sulfonamides is 1. The second-order valence-electron chi connectivity index (χ2n) is 7.47. The van der Waals surface area contributed by atoms with Crippen molar-refractivity contribution in [2.45, 2.75) is 44.3 Å². The minimum Gasteiger partial charge on any atom is -0.326 e. The number of amides is 2. The number of anilines is 2. The molecule has 2 N–H and O–H groups in total. The Kier molecular flexibility index (Phi) is 8.34. The minimum absolute atomic E-state index is 0.140. The highest BCUT2D eigenvalue weighted by molar-refractivity contribution is 7.99. The predicted octanol–water partition coefficient (Wildman–Crippen LogP) is 3.78. The van der Waals surface area contributed by atoms with E-state index >= 15 is 0 Å². The van der Waals surface area contributed by atoms with Gasteiger partial charge in [0.25, 0.3) is 0 Å². The van der Waals surface area contributed by atoms with Crippen molar-refractivity contribution in [2.24, 2.45) is 0 Å². The van der Waals surface area contributed by atoms with Crippen LogP contribution < -0.4 is 10.6 Å². The van der Waals surface area contributed by atoms with Gasteiger partial charge in [-0.05, 0) is 49.4 Å². The highest BCUT2D eigenvalue weighted by Crippen LogP contribution is 2.27. The fourth-order valence-electron chi connectivity index (χ4n) is 3.54. The summed E-state index contributed by atoms with van der Waals surface area (Å²) in [5, 5.41) is 6.14. The number of fused-ring (bicyclic) bond motifs is 1. The summed E-state index contributed by atoms with van der Waals surface area (Å²) in [6.45, 7) is 8.45. The molecule has 0 radical (unpaired) electrons. The van der Waals surface area contributed by atoms with Crippen LogP contribution in [0.3, 0.4) is 0 Å². The number of aryl methyl sites for hydroxylation is 1. The molecule has 3 aromatic rings. The third-order valence-corrected chi connectivity index (χ3v) is 8.19. The van der Waals surface area contributed by atoms with Crippen molar-refractivity contribution in [3.05, 3.63) is 42.5 Å². The van der Waals surface area contributed by atoms with Gasteiger partial charge in [-0.3, -0.25) is 9.59 Å². The standard InChI is InChI=1S/C23H29N5O4S2/c1-5-27(6-2)34(31,32)19-12-13-21-20(14-19)26-23(28(21)7-3)33-15-22(30)25-18-10-8-17(9-11-18)24-16(4)29/h8-14H,5-7,15H2,1-4H3,(H,24,29)(H,25,30). The van der Waals surface area contributed by atoms with Crippen LogP contribution in [0.1, 0.15) is 27.7 Å². The molecular formula is C23H29N5O4S2. The maximum absolute atomic E-state index is 12.9. The molecule has 2 amide bonds. The second-order valence-corrected chi connectivity index (χ2v) is 10.4. The molecular weight excluding hydrogens is 474 g/mol. The Morgan fingerprint density at radius 1 is 1.00 bits per heavy atom. The van der Waals surface area contributed by atoms with Crippen molar-refractivity contribution in [1.82, 2.24) is 13.9 Å². The number of carbonyl (C=O) groups excluding carboxylic acids is 2. The predicted molar refractivity (Wildman–Crippen MR) is 136 cm³/mol. The molecule has 0 aliphatic rings. The summed E-state index contributed by atoms with van der Waals surface area (Å²) in [5.74, 6) is -0.219. The Labute approximate surface area is 204 Å². The molecule has 0 aliphatic heterocycles. The molecule has 0 spiro atoms. The number of imidazole rings is 1. The molecule has 1 heterocycles. The Balaban J connectivity index is 1.74. The highest BCUT2D eigenvalue weighted by Gasteiger charge is 2.23. The highest BCUT2D eigenvalue weighted by atomic mass is 32.2. The number of aromatic nitrogens is 2. The zero-order valence-corrected chi connectivity index (χ0v) is 21.3. The summed E-state index contributed by atoms with van der Waals surface area (Å²) in [6, 6.07) is 11.8. The van der Waals surface area contributed by atoms with Crippen molar-refractivity contribution in [3.8, 4) is 0 Å². The molecule has 0 aliphatic carbocycles. The third kappa shape index (κ3) is 5.78. The van der Waals surface area contributed by atoms with Gasteiger partial charge < -0.3 is 15.2 Å². The van der Waals surface area contributed by atoms with Gasteiger partial charge in [-0.1, -0.05) is 25.6 Å². The Bertz CT molecular complexity index is 1280. The van der Waals surface area contributed by atoms with Crippen LogP contribution in [0.25, 0.3) is 11.0 Å². The van der Waals surface area contributed by atoms with Gasteiger partial charge in [-0.2, -0.15) is 4.31 Å². The van der Waals surface area contributed by atoms with E-state index in [2.05, 4.69) is 15.6 Å². The van der Waals surface area contributed by atoms with Crippen molar-refractivity contribution in [1.29, 1.82) is 0 Å². The topological polar surface area (TPSA) is 113 Å². The molecule has 182 valence electrons. The zero-order chi connectivity index (χ0) is 24.9. The van der Waals surface area contributed by atoms with Crippen LogP contribution in [0.4, 0.5) is 11.4 Å². The van der Waals surface area contributed by atoms with Gasteiger partial charge in [-0.25, -0.2) is 13.4 Å². The fourth-order valence-corrected chi connectivity index (χ4v) is 5.90. The van der Waals surface area contributed by atoms with Gasteiger partial charge >= 0.3 is 0 Å². The molecule has 0 atom stereocenters. The average molecular weight is 504 g/mol. The summed E-state index contributed by atoms with van der Waals surface area (Å²) >= 11 is 1.29. The van der Waals surface area contributed by atoms with Crippen LogP contribution in [0.2, 0.25) is 0 Å². The molecule has 0 unspecified atom stereocenters. The molecule has 0 saturated heterocycles. The maximum Gasteiger partial charge on any atom is 0.243 e. The maximum atomic E-state index is 12.9. The smallest absolute Gasteiger partial charge is 0.243 e. The van der Waals surface area contributed by atoms with Crippen molar-refractivity contribution >= 4 is 56.0 Å². The van der Waals surface area contributed by atoms with Crippen LogP contribution >= 0.6 is 11.8 Å². The number of thioether (sulfide) groups is 1. The van der Waals surface area contributed by atoms with E-state index in [1.54, 1.807) is 42.5 Å². The largest absolute Gasteiger partial charge is 0.326 e. The average Bonchev–Trinajstić information content (AvgIpc) is 3.16. The lowest BCUT2D eigenvalue weighted by molar-refractivity contribution is -0.114. The summed E-state index contributed by atoms with van der Waals surface area (Å²) in [7, 11) is -3.58. The van der Waals surface area contributed by atoms with Gasteiger partial charge in [0.05, 0.1) is 21.7 Å². The third-order valence-electron chi connectivity index (χ3n) is 5.17. The number of carbonyl (C=O) groups is 2. The molecule has 34 heavy (non-hydrogen) atoms. The van der Waals surface area contributed by atoms with Gasteiger partial charge in [0.15, 0.2) is 5.16 Å². The van der Waals surface area contributed by atoms with E-state index in [-0.39, 0.29) is 22.5 Å². The molecule has 2 aromatic carbocycles. The first-order chi connectivity index (χ1) is 16.2. The molecule has 3 rings (SSSR count). The first-order valence-corrected chi connectivity index (χ1v) is 13.4. The van der Waals surface area contributed by atoms with Crippen LogP contribution in [-0.4, -0.2) is 52.9 Å². The van der Waals surface area contributed by atoms with Crippen molar-refractivity contribution in [3.63, 3.8) is 0 Å². The SMILES string of the molecule is CCN(CC)S(=O)(=O)c1ccc2c(c1)nc(SCC(=O)Nc1ccc(NC(C)=O)cc1)n2CC. The van der Waals surface area contributed by atoms with E-state index in [0.717, 1.165) is 5.52 Å². The second kappa shape index (κ2) is 11.0. The van der Waals surface area contributed by atoms with E-state index < -0.39 is 10.0 Å². The van der Waals surface area contributed by atoms with E-state index in [1.807, 2.05) is 25.3 Å². The molecule has 1 aromatic heterocycles. The normalized spacial score (nSPS) is 11.7. The number of hydrogen-bond donors (Lipinski definition) is 2.